The Morgan fingerprint density at radius 1 is 0.358 bits per heavy atom. The van der Waals surface area contributed by atoms with E-state index in [4.69, 9.17) is 23.1 Å². The van der Waals surface area contributed by atoms with Gasteiger partial charge < -0.3 is 14.4 Å². The Morgan fingerprint density at radius 3 is 1.26 bits per heavy atom. The van der Waals surface area contributed by atoms with E-state index in [1.807, 2.05) is 66.7 Å². The maximum Gasteiger partial charge on any atom is 0.187 e. The largest absolute Gasteiger partial charge is 0.310 e. The quantitative estimate of drug-likeness (QED) is 0.114. The van der Waals surface area contributed by atoms with Crippen LogP contribution in [-0.2, 0) is 0 Å². The van der Waals surface area contributed by atoms with Crippen molar-refractivity contribution in [3.63, 3.8) is 0 Å². The summed E-state index contributed by atoms with van der Waals surface area (Å²) in [6, 6.07) is 97.3. The molecular weight excluding hydrogens is 989 g/mol. The van der Waals surface area contributed by atoms with E-state index in [-0.39, 0.29) is 0 Å². The van der Waals surface area contributed by atoms with Gasteiger partial charge in [-0.15, -0.1) is 0 Å². The molecule has 0 radical (unpaired) electrons. The molecule has 0 N–H and O–H groups in total. The molecule has 0 amide bonds. The van der Waals surface area contributed by atoms with Gasteiger partial charge in [-0.1, -0.05) is 164 Å². The summed E-state index contributed by atoms with van der Waals surface area (Å²) in [4.78, 5) is 21.8. The van der Waals surface area contributed by atoms with Gasteiger partial charge >= 0.3 is 0 Å². The van der Waals surface area contributed by atoms with Crippen LogP contribution in [0.5, 0.6) is 0 Å². The third kappa shape index (κ3) is 9.57. The van der Waals surface area contributed by atoms with Crippen LogP contribution in [-0.4, -0.2) is 14.5 Å². The second kappa shape index (κ2) is 21.4. The van der Waals surface area contributed by atoms with E-state index < -0.39 is 0 Å². The lowest BCUT2D eigenvalue weighted by molar-refractivity contribution is 1.17. The Labute approximate surface area is 469 Å². The van der Waals surface area contributed by atoms with Crippen molar-refractivity contribution in [1.29, 1.82) is 5.26 Å². The molecular formula is C73H46N8. The minimum absolute atomic E-state index is 0.494. The van der Waals surface area contributed by atoms with Crippen LogP contribution in [0.25, 0.3) is 93.3 Å². The molecule has 0 aliphatic carbocycles. The molecule has 8 nitrogen and oxygen atoms in total. The van der Waals surface area contributed by atoms with Crippen LogP contribution in [0.1, 0.15) is 5.56 Å². The molecule has 11 aromatic carbocycles. The maximum atomic E-state index is 10.9. The summed E-state index contributed by atoms with van der Waals surface area (Å²) >= 11 is 0. The highest BCUT2D eigenvalue weighted by Crippen LogP contribution is 2.44. The second-order valence-electron chi connectivity index (χ2n) is 19.5. The number of hydrogen-bond donors (Lipinski definition) is 0. The van der Waals surface area contributed by atoms with Crippen molar-refractivity contribution in [3.05, 3.63) is 307 Å². The zero-order chi connectivity index (χ0) is 54.7. The number of rotatable bonds is 12. The van der Waals surface area contributed by atoms with Crippen molar-refractivity contribution in [2.24, 2.45) is 0 Å². The molecule has 0 saturated heterocycles. The SMILES string of the molecule is [C-]#[N+]c1cccc(-c2cc(-c3ccc(-c4ccc(-c5ccc(-n6c7ccc(N(c8ccccc8)c8ccccc8)cc7c7cc(N(c8ccccc8)c8ccccc8)ccc76)cc5C#N)cc4)cc3)nc(-c3cccc([N+]#[C-])c3)n2)c1. The van der Waals surface area contributed by atoms with Crippen LogP contribution in [0.4, 0.5) is 45.5 Å². The first-order chi connectivity index (χ1) is 40.0. The van der Waals surface area contributed by atoms with Gasteiger partial charge in [0.05, 0.1) is 47.2 Å². The summed E-state index contributed by atoms with van der Waals surface area (Å²) in [5, 5.41) is 13.1. The third-order valence-electron chi connectivity index (χ3n) is 14.6. The van der Waals surface area contributed by atoms with E-state index in [1.165, 1.54) is 0 Å². The van der Waals surface area contributed by atoms with Gasteiger partial charge in [0.25, 0.3) is 0 Å². The smallest absolute Gasteiger partial charge is 0.187 e. The number of para-hydroxylation sites is 4. The van der Waals surface area contributed by atoms with Crippen LogP contribution in [0, 0.1) is 24.5 Å². The first-order valence-corrected chi connectivity index (χ1v) is 26.5. The molecule has 0 saturated carbocycles. The van der Waals surface area contributed by atoms with Crippen LogP contribution in [0.15, 0.2) is 279 Å². The molecule has 0 fully saturated rings. The van der Waals surface area contributed by atoms with Gasteiger partial charge in [0.2, 0.25) is 0 Å². The summed E-state index contributed by atoms with van der Waals surface area (Å²) in [7, 11) is 0. The van der Waals surface area contributed by atoms with Crippen LogP contribution >= 0.6 is 0 Å². The lowest BCUT2D eigenvalue weighted by Crippen LogP contribution is -2.09. The van der Waals surface area contributed by atoms with Crippen molar-refractivity contribution < 1.29 is 0 Å². The lowest BCUT2D eigenvalue weighted by Gasteiger charge is -2.26. The molecule has 2 heterocycles. The fraction of sp³-hybridized carbons (Fsp3) is 0. The normalized spacial score (nSPS) is 10.9. The fourth-order valence-electron chi connectivity index (χ4n) is 10.8. The Balaban J connectivity index is 0.863. The summed E-state index contributed by atoms with van der Waals surface area (Å²) in [6.45, 7) is 15.2. The first-order valence-electron chi connectivity index (χ1n) is 26.5. The topological polar surface area (TPSA) is 69.7 Å². The predicted molar refractivity (Wildman–Crippen MR) is 330 cm³/mol. The van der Waals surface area contributed by atoms with Crippen molar-refractivity contribution >= 4 is 67.3 Å². The summed E-state index contributed by atoms with van der Waals surface area (Å²) < 4.78 is 2.28. The fourth-order valence-corrected chi connectivity index (χ4v) is 10.8. The number of anilines is 6. The van der Waals surface area contributed by atoms with Gasteiger partial charge in [0.1, 0.15) is 0 Å². The summed E-state index contributed by atoms with van der Waals surface area (Å²) in [5.74, 6) is 0.494. The first kappa shape index (κ1) is 49.0. The van der Waals surface area contributed by atoms with Gasteiger partial charge in [0.15, 0.2) is 17.2 Å². The van der Waals surface area contributed by atoms with E-state index in [0.29, 0.717) is 28.5 Å². The molecule has 2 aromatic heterocycles. The molecule has 0 spiro atoms. The van der Waals surface area contributed by atoms with Crippen molar-refractivity contribution in [2.75, 3.05) is 9.80 Å². The van der Waals surface area contributed by atoms with E-state index in [2.05, 4.69) is 224 Å². The highest BCUT2D eigenvalue weighted by atomic mass is 15.1. The van der Waals surface area contributed by atoms with E-state index in [0.717, 1.165) is 106 Å². The lowest BCUT2D eigenvalue weighted by atomic mass is 9.96. The number of fused-ring (bicyclic) bond motifs is 3. The van der Waals surface area contributed by atoms with Crippen LogP contribution in [0.3, 0.4) is 0 Å². The van der Waals surface area contributed by atoms with Crippen molar-refractivity contribution in [1.82, 2.24) is 14.5 Å². The maximum absolute atomic E-state index is 10.9. The summed E-state index contributed by atoms with van der Waals surface area (Å²) in [5.41, 5.74) is 18.4. The standard InChI is InChI=1S/C73H46N8/c1-75-57-19-15-17-54(43-57)70-48-69(77-73(78-70)55-18-16-20-58(44-55)76-2)53-35-31-51(32-36-53)50-29-33-52(34-30-50)66-40-37-63(45-56(66)49-74)81-71-41-38-64(79(59-21-7-3-8-22-59)60-23-9-4-10-24-60)46-67(71)68-47-65(39-42-72(68)81)80(61-25-11-5-12-26-61)62-27-13-6-14-28-62/h3-48H. The predicted octanol–water partition coefficient (Wildman–Crippen LogP) is 19.8. The molecule has 13 rings (SSSR count). The average molecular weight is 1040 g/mol. The van der Waals surface area contributed by atoms with Crippen LogP contribution < -0.4 is 9.80 Å². The highest BCUT2D eigenvalue weighted by molar-refractivity contribution is 6.12. The molecule has 0 atom stereocenters. The van der Waals surface area contributed by atoms with Gasteiger partial charge in [0, 0.05) is 61.7 Å². The molecule has 13 aromatic rings. The molecule has 378 valence electrons. The molecule has 0 aliphatic heterocycles. The molecule has 0 bridgehead atoms. The van der Waals surface area contributed by atoms with Gasteiger partial charge in [-0.2, -0.15) is 5.26 Å². The molecule has 0 unspecified atom stereocenters. The number of nitriles is 1. The number of benzene rings is 11. The Bertz CT molecular complexity index is 4300. The number of hydrogen-bond acceptors (Lipinski definition) is 5. The summed E-state index contributed by atoms with van der Waals surface area (Å²) in [6.07, 6.45) is 0. The van der Waals surface area contributed by atoms with Gasteiger partial charge in [-0.25, -0.2) is 19.7 Å². The van der Waals surface area contributed by atoms with Crippen LogP contribution in [0.2, 0.25) is 0 Å². The van der Waals surface area contributed by atoms with E-state index >= 15 is 0 Å². The second-order valence-corrected chi connectivity index (χ2v) is 19.5. The average Bonchev–Trinajstić information content (AvgIpc) is 4.14. The molecule has 0 aliphatic rings. The Morgan fingerprint density at radius 2 is 0.790 bits per heavy atom. The zero-order valence-electron chi connectivity index (χ0n) is 43.6. The number of aromatic nitrogens is 3. The van der Waals surface area contributed by atoms with Gasteiger partial charge in [-0.3, -0.25) is 0 Å². The monoisotopic (exact) mass is 1030 g/mol. The molecule has 8 heteroatoms. The molecule has 81 heavy (non-hydrogen) atoms. The van der Waals surface area contributed by atoms with Crippen molar-refractivity contribution in [3.8, 4) is 67.9 Å². The van der Waals surface area contributed by atoms with Crippen molar-refractivity contribution in [2.45, 2.75) is 0 Å². The zero-order valence-corrected chi connectivity index (χ0v) is 43.6. The van der Waals surface area contributed by atoms with E-state index in [1.54, 1.807) is 18.2 Å². The number of nitrogens with zero attached hydrogens (tertiary/aromatic N) is 8. The minimum atomic E-state index is 0.494. The Hall–Kier alpha value is -11.6. The van der Waals surface area contributed by atoms with E-state index in [9.17, 15) is 5.26 Å². The van der Waals surface area contributed by atoms with Gasteiger partial charge in [-0.05, 0) is 143 Å². The minimum Gasteiger partial charge on any atom is -0.310 e. The Kier molecular flexibility index (Phi) is 12.9. The highest BCUT2D eigenvalue weighted by Gasteiger charge is 2.21. The third-order valence-corrected chi connectivity index (χ3v) is 14.6.